The fourth-order valence-corrected chi connectivity index (χ4v) is 2.85. The van der Waals surface area contributed by atoms with E-state index in [-0.39, 0.29) is 5.97 Å². The Bertz CT molecular complexity index is 264. The van der Waals surface area contributed by atoms with E-state index < -0.39 is 0 Å². The summed E-state index contributed by atoms with van der Waals surface area (Å²) in [5.74, 6) is -0.0451. The van der Waals surface area contributed by atoms with Gasteiger partial charge in [-0.05, 0) is 19.8 Å². The van der Waals surface area contributed by atoms with Gasteiger partial charge in [0.1, 0.15) is 6.29 Å². The summed E-state index contributed by atoms with van der Waals surface area (Å²) >= 11 is 0. The van der Waals surface area contributed by atoms with Crippen LogP contribution in [0.4, 0.5) is 0 Å². The van der Waals surface area contributed by atoms with Crippen LogP contribution in [0.15, 0.2) is 0 Å². The van der Waals surface area contributed by atoms with Crippen LogP contribution in [0.1, 0.15) is 110 Å². The molecule has 23 heavy (non-hydrogen) atoms. The van der Waals surface area contributed by atoms with Crippen molar-refractivity contribution in [1.29, 1.82) is 0 Å². The van der Waals surface area contributed by atoms with E-state index in [1.165, 1.54) is 70.6 Å². The molecule has 0 aromatic carbocycles. The van der Waals surface area contributed by atoms with Crippen LogP contribution in [0.3, 0.4) is 0 Å². The Kier molecular flexibility index (Phi) is 18.5. The smallest absolute Gasteiger partial charge is 0.305 e. The quantitative estimate of drug-likeness (QED) is 0.176. The SMILES string of the molecule is CCOC(=O)CCCCCCCCCCCCCCCCC=O. The first-order valence-corrected chi connectivity index (χ1v) is 9.90. The second-order valence-electron chi connectivity index (χ2n) is 6.46. The fraction of sp³-hybridized carbons (Fsp3) is 0.900. The van der Waals surface area contributed by atoms with E-state index in [9.17, 15) is 9.59 Å². The summed E-state index contributed by atoms with van der Waals surface area (Å²) < 4.78 is 4.91. The molecule has 0 aliphatic carbocycles. The standard InChI is InChI=1S/C20H38O3/c1-2-23-20(22)18-16-14-12-10-8-6-4-3-5-7-9-11-13-15-17-19-21/h19H,2-18H2,1H3. The van der Waals surface area contributed by atoms with Gasteiger partial charge in [0.25, 0.3) is 0 Å². The molecule has 0 radical (unpaired) electrons. The van der Waals surface area contributed by atoms with Gasteiger partial charge in [0.2, 0.25) is 0 Å². The van der Waals surface area contributed by atoms with Gasteiger partial charge in [0.15, 0.2) is 0 Å². The van der Waals surface area contributed by atoms with Crippen molar-refractivity contribution in [2.24, 2.45) is 0 Å². The fourth-order valence-electron chi connectivity index (χ4n) is 2.85. The molecule has 0 saturated heterocycles. The predicted molar refractivity (Wildman–Crippen MR) is 96.6 cm³/mol. The second-order valence-corrected chi connectivity index (χ2v) is 6.46. The van der Waals surface area contributed by atoms with E-state index >= 15 is 0 Å². The summed E-state index contributed by atoms with van der Waals surface area (Å²) in [6, 6.07) is 0. The van der Waals surface area contributed by atoms with Gasteiger partial charge in [0, 0.05) is 12.8 Å². The zero-order chi connectivity index (χ0) is 17.0. The molecule has 0 spiro atoms. The highest BCUT2D eigenvalue weighted by molar-refractivity contribution is 5.69. The molecule has 0 atom stereocenters. The van der Waals surface area contributed by atoms with Crippen LogP contribution in [0.25, 0.3) is 0 Å². The third-order valence-electron chi connectivity index (χ3n) is 4.26. The van der Waals surface area contributed by atoms with Gasteiger partial charge in [-0.25, -0.2) is 0 Å². The average molecular weight is 327 g/mol. The molecule has 3 nitrogen and oxygen atoms in total. The molecule has 3 heteroatoms. The minimum atomic E-state index is -0.0451. The highest BCUT2D eigenvalue weighted by atomic mass is 16.5. The molecule has 0 aliphatic rings. The van der Waals surface area contributed by atoms with E-state index in [1.54, 1.807) is 0 Å². The number of carbonyl (C=O) groups is 2. The lowest BCUT2D eigenvalue weighted by Crippen LogP contribution is -2.03. The van der Waals surface area contributed by atoms with E-state index in [0.29, 0.717) is 13.0 Å². The van der Waals surface area contributed by atoms with Gasteiger partial charge >= 0.3 is 5.97 Å². The van der Waals surface area contributed by atoms with Gasteiger partial charge in [-0.3, -0.25) is 4.79 Å². The molecule has 0 heterocycles. The molecular formula is C20H38O3. The predicted octanol–water partition coefficient (Wildman–Crippen LogP) is 5.99. The number of carbonyl (C=O) groups excluding carboxylic acids is 2. The summed E-state index contributed by atoms with van der Waals surface area (Å²) in [6.07, 6.45) is 20.1. The maximum Gasteiger partial charge on any atom is 0.305 e. The third kappa shape index (κ3) is 19.1. The van der Waals surface area contributed by atoms with Crippen molar-refractivity contribution in [3.05, 3.63) is 0 Å². The number of esters is 1. The van der Waals surface area contributed by atoms with Gasteiger partial charge in [0.05, 0.1) is 6.61 Å². The molecule has 0 aromatic heterocycles. The molecular weight excluding hydrogens is 288 g/mol. The highest BCUT2D eigenvalue weighted by Crippen LogP contribution is 2.13. The van der Waals surface area contributed by atoms with Crippen molar-refractivity contribution < 1.29 is 14.3 Å². The van der Waals surface area contributed by atoms with Crippen molar-refractivity contribution in [2.45, 2.75) is 110 Å². The summed E-state index contributed by atoms with van der Waals surface area (Å²) in [7, 11) is 0. The number of ether oxygens (including phenoxy) is 1. The Labute approximate surface area is 143 Å². The highest BCUT2D eigenvalue weighted by Gasteiger charge is 2.00. The minimum absolute atomic E-state index is 0.0451. The Hall–Kier alpha value is -0.860. The van der Waals surface area contributed by atoms with Crippen LogP contribution in [0, 0.1) is 0 Å². The van der Waals surface area contributed by atoms with Crippen molar-refractivity contribution in [1.82, 2.24) is 0 Å². The lowest BCUT2D eigenvalue weighted by atomic mass is 10.0. The maximum atomic E-state index is 11.2. The van der Waals surface area contributed by atoms with Gasteiger partial charge < -0.3 is 9.53 Å². The van der Waals surface area contributed by atoms with Crippen LogP contribution in [0.5, 0.6) is 0 Å². The first kappa shape index (κ1) is 22.1. The summed E-state index contributed by atoms with van der Waals surface area (Å²) in [5, 5.41) is 0. The van der Waals surface area contributed by atoms with Crippen molar-refractivity contribution >= 4 is 12.3 Å². The minimum Gasteiger partial charge on any atom is -0.466 e. The molecule has 0 rings (SSSR count). The molecule has 0 fully saturated rings. The molecule has 0 N–H and O–H groups in total. The summed E-state index contributed by atoms with van der Waals surface area (Å²) in [5.41, 5.74) is 0. The molecule has 0 aliphatic heterocycles. The molecule has 0 amide bonds. The second kappa shape index (κ2) is 19.2. The number of aldehydes is 1. The number of hydrogen-bond acceptors (Lipinski definition) is 3. The zero-order valence-corrected chi connectivity index (χ0v) is 15.3. The first-order valence-electron chi connectivity index (χ1n) is 9.90. The lowest BCUT2D eigenvalue weighted by Gasteiger charge is -2.03. The summed E-state index contributed by atoms with van der Waals surface area (Å²) in [4.78, 5) is 21.3. The molecule has 0 aromatic rings. The Morgan fingerprint density at radius 2 is 1.09 bits per heavy atom. The van der Waals surface area contributed by atoms with E-state index in [2.05, 4.69) is 0 Å². The maximum absolute atomic E-state index is 11.2. The molecule has 136 valence electrons. The molecule has 0 bridgehead atoms. The molecule has 0 saturated carbocycles. The average Bonchev–Trinajstić information content (AvgIpc) is 2.54. The van der Waals surface area contributed by atoms with Gasteiger partial charge in [-0.15, -0.1) is 0 Å². The third-order valence-corrected chi connectivity index (χ3v) is 4.26. The zero-order valence-electron chi connectivity index (χ0n) is 15.3. The van der Waals surface area contributed by atoms with E-state index in [4.69, 9.17) is 4.74 Å². The Morgan fingerprint density at radius 1 is 0.696 bits per heavy atom. The van der Waals surface area contributed by atoms with Crippen molar-refractivity contribution in [2.75, 3.05) is 6.61 Å². The Morgan fingerprint density at radius 3 is 1.48 bits per heavy atom. The van der Waals surface area contributed by atoms with Gasteiger partial charge in [-0.1, -0.05) is 77.0 Å². The largest absolute Gasteiger partial charge is 0.466 e. The van der Waals surface area contributed by atoms with Crippen LogP contribution >= 0.6 is 0 Å². The summed E-state index contributed by atoms with van der Waals surface area (Å²) in [6.45, 7) is 2.35. The van der Waals surface area contributed by atoms with Crippen LogP contribution in [0.2, 0.25) is 0 Å². The van der Waals surface area contributed by atoms with Crippen molar-refractivity contribution in [3.8, 4) is 0 Å². The monoisotopic (exact) mass is 326 g/mol. The van der Waals surface area contributed by atoms with Crippen LogP contribution in [-0.4, -0.2) is 18.9 Å². The lowest BCUT2D eigenvalue weighted by molar-refractivity contribution is -0.143. The number of rotatable bonds is 18. The van der Waals surface area contributed by atoms with E-state index in [0.717, 1.165) is 32.0 Å². The van der Waals surface area contributed by atoms with Crippen molar-refractivity contribution in [3.63, 3.8) is 0 Å². The first-order chi connectivity index (χ1) is 11.3. The van der Waals surface area contributed by atoms with E-state index in [1.807, 2.05) is 6.92 Å². The van der Waals surface area contributed by atoms with Crippen LogP contribution in [-0.2, 0) is 14.3 Å². The Balaban J connectivity index is 3.02. The topological polar surface area (TPSA) is 43.4 Å². The number of unbranched alkanes of at least 4 members (excludes halogenated alkanes) is 14. The normalized spacial score (nSPS) is 10.7. The molecule has 0 unspecified atom stereocenters. The van der Waals surface area contributed by atoms with Gasteiger partial charge in [-0.2, -0.15) is 0 Å². The van der Waals surface area contributed by atoms with Crippen LogP contribution < -0.4 is 0 Å². The number of hydrogen-bond donors (Lipinski definition) is 0.